The van der Waals surface area contributed by atoms with Gasteiger partial charge in [-0.05, 0) is 18.2 Å². The standard InChI is InChI=1S/C10H8BNO3/c11-10(14)12-8-2-1-3-9-7(8)4-6(5-13)15-9/h1-5H,11H2,(H,12,14). The molecule has 0 aliphatic rings. The fraction of sp³-hybridized carbons (Fsp3) is 0. The molecule has 0 saturated heterocycles. The molecule has 0 saturated carbocycles. The number of furan rings is 1. The van der Waals surface area contributed by atoms with Crippen LogP contribution in [0.5, 0.6) is 0 Å². The van der Waals surface area contributed by atoms with Crippen molar-refractivity contribution in [2.24, 2.45) is 0 Å². The van der Waals surface area contributed by atoms with Crippen LogP contribution in [0.2, 0.25) is 0 Å². The zero-order valence-electron chi connectivity index (χ0n) is 8.11. The average molecular weight is 201 g/mol. The number of benzene rings is 1. The smallest absolute Gasteiger partial charge is 0.216 e. The lowest BCUT2D eigenvalue weighted by Crippen LogP contribution is -2.07. The van der Waals surface area contributed by atoms with Crippen molar-refractivity contribution in [3.63, 3.8) is 0 Å². The van der Waals surface area contributed by atoms with Gasteiger partial charge in [-0.15, -0.1) is 0 Å². The van der Waals surface area contributed by atoms with Gasteiger partial charge in [0.15, 0.2) is 17.9 Å². The topological polar surface area (TPSA) is 59.3 Å². The first-order chi connectivity index (χ1) is 7.20. The fourth-order valence-corrected chi connectivity index (χ4v) is 1.44. The van der Waals surface area contributed by atoms with Crippen LogP contribution in [-0.4, -0.2) is 19.9 Å². The number of carbonyl (C=O) groups is 2. The summed E-state index contributed by atoms with van der Waals surface area (Å²) >= 11 is 0. The Hall–Kier alpha value is -2.04. The number of anilines is 1. The van der Waals surface area contributed by atoms with Crippen LogP contribution in [0.3, 0.4) is 0 Å². The summed E-state index contributed by atoms with van der Waals surface area (Å²) in [5.41, 5.74) is 1.24. The molecule has 1 heterocycles. The predicted molar refractivity (Wildman–Crippen MR) is 59.2 cm³/mol. The third-order valence-corrected chi connectivity index (χ3v) is 2.01. The van der Waals surface area contributed by atoms with E-state index in [0.29, 0.717) is 17.6 Å². The molecule has 0 radical (unpaired) electrons. The first-order valence-electron chi connectivity index (χ1n) is 4.46. The highest BCUT2D eigenvalue weighted by Crippen LogP contribution is 2.26. The first-order valence-corrected chi connectivity index (χ1v) is 4.46. The van der Waals surface area contributed by atoms with E-state index < -0.39 is 0 Å². The molecule has 0 spiro atoms. The molecular weight excluding hydrogens is 193 g/mol. The number of nitrogens with one attached hydrogen (secondary N) is 1. The van der Waals surface area contributed by atoms with Gasteiger partial charge in [-0.3, -0.25) is 9.59 Å². The van der Waals surface area contributed by atoms with E-state index in [1.165, 1.54) is 7.85 Å². The van der Waals surface area contributed by atoms with Crippen molar-refractivity contribution >= 4 is 36.6 Å². The summed E-state index contributed by atoms with van der Waals surface area (Å²) in [6.45, 7) is 0. The van der Waals surface area contributed by atoms with E-state index in [2.05, 4.69) is 5.32 Å². The van der Waals surface area contributed by atoms with Crippen LogP contribution in [-0.2, 0) is 0 Å². The van der Waals surface area contributed by atoms with Crippen LogP contribution >= 0.6 is 0 Å². The van der Waals surface area contributed by atoms with Crippen molar-refractivity contribution in [3.05, 3.63) is 30.0 Å². The number of rotatable bonds is 2. The predicted octanol–water partition coefficient (Wildman–Crippen LogP) is 1.41. The fourth-order valence-electron chi connectivity index (χ4n) is 1.44. The van der Waals surface area contributed by atoms with Crippen LogP contribution in [0.4, 0.5) is 10.5 Å². The maximum Gasteiger partial charge on any atom is 0.216 e. The summed E-state index contributed by atoms with van der Waals surface area (Å²) in [5.74, 6) is 0.0964. The van der Waals surface area contributed by atoms with Gasteiger partial charge in [-0.2, -0.15) is 0 Å². The molecule has 0 aliphatic carbocycles. The van der Waals surface area contributed by atoms with Gasteiger partial charge in [0.25, 0.3) is 0 Å². The van der Waals surface area contributed by atoms with Crippen molar-refractivity contribution in [1.29, 1.82) is 0 Å². The summed E-state index contributed by atoms with van der Waals surface area (Å²) in [7, 11) is 1.43. The highest BCUT2D eigenvalue weighted by atomic mass is 16.3. The Morgan fingerprint density at radius 1 is 1.47 bits per heavy atom. The minimum atomic E-state index is -0.156. The van der Waals surface area contributed by atoms with Gasteiger partial charge < -0.3 is 9.73 Å². The zero-order chi connectivity index (χ0) is 10.8. The Bertz CT molecular complexity index is 532. The molecular formula is C10H8BNO3. The van der Waals surface area contributed by atoms with E-state index in [9.17, 15) is 9.59 Å². The Kier molecular flexibility index (Phi) is 2.29. The highest BCUT2D eigenvalue weighted by molar-refractivity contribution is 6.60. The number of amides is 1. The Labute approximate surface area is 86.7 Å². The number of carbonyl (C=O) groups excluding carboxylic acids is 2. The Morgan fingerprint density at radius 3 is 2.93 bits per heavy atom. The van der Waals surface area contributed by atoms with Gasteiger partial charge in [0.1, 0.15) is 5.58 Å². The molecule has 15 heavy (non-hydrogen) atoms. The van der Waals surface area contributed by atoms with Crippen LogP contribution < -0.4 is 5.32 Å². The largest absolute Gasteiger partial charge is 0.453 e. The van der Waals surface area contributed by atoms with Gasteiger partial charge >= 0.3 is 0 Å². The molecule has 0 aliphatic heterocycles. The van der Waals surface area contributed by atoms with Gasteiger partial charge in [0.2, 0.25) is 7.85 Å². The molecule has 0 bridgehead atoms. The maximum atomic E-state index is 10.9. The van der Waals surface area contributed by atoms with Crippen LogP contribution in [0.25, 0.3) is 11.0 Å². The number of hydrogen-bond acceptors (Lipinski definition) is 3. The van der Waals surface area contributed by atoms with Crippen LogP contribution in [0.1, 0.15) is 10.6 Å². The monoisotopic (exact) mass is 201 g/mol. The van der Waals surface area contributed by atoms with E-state index in [-0.39, 0.29) is 11.6 Å². The van der Waals surface area contributed by atoms with E-state index in [4.69, 9.17) is 4.42 Å². The Morgan fingerprint density at radius 2 is 2.27 bits per heavy atom. The van der Waals surface area contributed by atoms with Crippen molar-refractivity contribution in [3.8, 4) is 0 Å². The molecule has 74 valence electrons. The highest BCUT2D eigenvalue weighted by Gasteiger charge is 2.07. The molecule has 0 fully saturated rings. The second-order valence-electron chi connectivity index (χ2n) is 3.17. The Balaban J connectivity index is 2.58. The normalized spacial score (nSPS) is 10.1. The van der Waals surface area contributed by atoms with Gasteiger partial charge in [0.05, 0.1) is 5.69 Å². The molecule has 1 N–H and O–H groups in total. The third kappa shape index (κ3) is 1.76. The number of aldehydes is 1. The molecule has 0 unspecified atom stereocenters. The first kappa shape index (κ1) is 9.52. The quantitative estimate of drug-likeness (QED) is 0.590. The maximum absolute atomic E-state index is 10.9. The molecule has 5 heteroatoms. The number of hydrogen-bond donors (Lipinski definition) is 1. The van der Waals surface area contributed by atoms with Gasteiger partial charge in [0, 0.05) is 5.39 Å². The molecule has 4 nitrogen and oxygen atoms in total. The van der Waals surface area contributed by atoms with Crippen molar-refractivity contribution in [1.82, 2.24) is 0 Å². The van der Waals surface area contributed by atoms with Gasteiger partial charge in [-0.25, -0.2) is 0 Å². The van der Waals surface area contributed by atoms with Gasteiger partial charge in [-0.1, -0.05) is 6.07 Å². The summed E-state index contributed by atoms with van der Waals surface area (Å²) in [6.07, 6.45) is 0.636. The van der Waals surface area contributed by atoms with Crippen molar-refractivity contribution in [2.75, 3.05) is 5.32 Å². The summed E-state index contributed by atoms with van der Waals surface area (Å²) in [5, 5.41) is 3.40. The molecule has 2 aromatic rings. The SMILES string of the molecule is BC(=O)Nc1cccc2oc(C=O)cc12. The lowest BCUT2D eigenvalue weighted by Gasteiger charge is -2.01. The summed E-state index contributed by atoms with van der Waals surface area (Å²) < 4.78 is 5.22. The second-order valence-corrected chi connectivity index (χ2v) is 3.17. The second kappa shape index (κ2) is 3.61. The molecule has 1 aromatic carbocycles. The van der Waals surface area contributed by atoms with E-state index in [1.807, 2.05) is 0 Å². The van der Waals surface area contributed by atoms with Crippen molar-refractivity contribution in [2.45, 2.75) is 0 Å². The van der Waals surface area contributed by atoms with E-state index in [1.54, 1.807) is 24.3 Å². The average Bonchev–Trinajstić information content (AvgIpc) is 2.61. The summed E-state index contributed by atoms with van der Waals surface area (Å²) in [4.78, 5) is 21.5. The van der Waals surface area contributed by atoms with E-state index in [0.717, 1.165) is 5.39 Å². The molecule has 1 aromatic heterocycles. The van der Waals surface area contributed by atoms with Crippen LogP contribution in [0, 0.1) is 0 Å². The molecule has 0 atom stereocenters. The lowest BCUT2D eigenvalue weighted by atomic mass is 10.1. The number of fused-ring (bicyclic) bond motifs is 1. The van der Waals surface area contributed by atoms with E-state index >= 15 is 0 Å². The minimum Gasteiger partial charge on any atom is -0.453 e. The van der Waals surface area contributed by atoms with Crippen LogP contribution in [0.15, 0.2) is 28.7 Å². The molecule has 2 rings (SSSR count). The minimum absolute atomic E-state index is 0.156. The van der Waals surface area contributed by atoms with Crippen molar-refractivity contribution < 1.29 is 14.0 Å². The third-order valence-electron chi connectivity index (χ3n) is 2.01. The lowest BCUT2D eigenvalue weighted by molar-refractivity contribution is 0.110. The zero-order valence-corrected chi connectivity index (χ0v) is 8.11. The molecule has 1 amide bonds. The summed E-state index contributed by atoms with van der Waals surface area (Å²) in [6, 6.07) is 6.86.